The second-order valence-corrected chi connectivity index (χ2v) is 3.16. The second kappa shape index (κ2) is 3.52. The molecule has 0 atom stereocenters. The Hall–Kier alpha value is -1.44. The van der Waals surface area contributed by atoms with Gasteiger partial charge in [0.15, 0.2) is 0 Å². The highest BCUT2D eigenvalue weighted by atomic mass is 15.3. The Bertz CT molecular complexity index is 292. The minimum atomic E-state index is 0.941. The third-order valence-electron chi connectivity index (χ3n) is 2.17. The summed E-state index contributed by atoms with van der Waals surface area (Å²) in [4.78, 5) is 2.19. The van der Waals surface area contributed by atoms with E-state index >= 15 is 0 Å². The van der Waals surface area contributed by atoms with Gasteiger partial charge in [0.1, 0.15) is 6.17 Å². The summed E-state index contributed by atoms with van der Waals surface area (Å²) < 4.78 is 0. The molecule has 0 unspecified atom stereocenters. The minimum Gasteiger partial charge on any atom is -0.364 e. The van der Waals surface area contributed by atoms with Crippen LogP contribution in [0.5, 0.6) is 0 Å². The minimum absolute atomic E-state index is 0.941. The molecular weight excluding hydrogens is 160 g/mol. The summed E-state index contributed by atoms with van der Waals surface area (Å²) in [7, 11) is 0. The molecule has 0 saturated heterocycles. The highest BCUT2D eigenvalue weighted by molar-refractivity contribution is 5.17. The Morgan fingerprint density at radius 3 is 2.62 bits per heavy atom. The first-order valence-electron chi connectivity index (χ1n) is 4.43. The van der Waals surface area contributed by atoms with E-state index in [9.17, 15) is 0 Å². The molecule has 2 nitrogen and oxygen atoms in total. The molecule has 2 heteroatoms. The van der Waals surface area contributed by atoms with Crippen LogP contribution in [0.25, 0.3) is 0 Å². The van der Waals surface area contributed by atoms with Crippen LogP contribution in [-0.4, -0.2) is 4.90 Å². The Morgan fingerprint density at radius 1 is 1.23 bits per heavy atom. The zero-order chi connectivity index (χ0) is 9.10. The summed E-state index contributed by atoms with van der Waals surface area (Å²) in [5.41, 5.74) is 1.33. The van der Waals surface area contributed by atoms with Gasteiger partial charge >= 0.3 is 0 Å². The molecule has 1 aliphatic heterocycles. The van der Waals surface area contributed by atoms with Crippen molar-refractivity contribution in [3.8, 4) is 0 Å². The predicted molar refractivity (Wildman–Crippen MR) is 53.2 cm³/mol. The quantitative estimate of drug-likeness (QED) is 0.736. The number of hydrogen-bond donors (Lipinski definition) is 1. The van der Waals surface area contributed by atoms with Crippen molar-refractivity contribution < 1.29 is 0 Å². The topological polar surface area (TPSA) is 15.3 Å². The third kappa shape index (κ3) is 1.83. The summed E-state index contributed by atoms with van der Waals surface area (Å²) in [6, 6.07) is 10.5. The maximum Gasteiger partial charge on any atom is 0.150 e. The van der Waals surface area contributed by atoms with E-state index in [1.54, 1.807) is 0 Å². The fourth-order valence-corrected chi connectivity index (χ4v) is 1.39. The molecule has 0 aromatic heterocycles. The third-order valence-corrected chi connectivity index (χ3v) is 2.17. The molecule has 0 spiro atoms. The molecule has 0 aliphatic carbocycles. The number of hydrogen-bond acceptors (Lipinski definition) is 2. The van der Waals surface area contributed by atoms with Crippen LogP contribution in [0.3, 0.4) is 0 Å². The van der Waals surface area contributed by atoms with Gasteiger partial charge in [-0.3, -0.25) is 0 Å². The lowest BCUT2D eigenvalue weighted by atomic mass is 10.2. The smallest absolute Gasteiger partial charge is 0.150 e. The maximum atomic E-state index is 3.15. The number of rotatable bonds is 2. The molecule has 1 aromatic carbocycles. The van der Waals surface area contributed by atoms with Gasteiger partial charge in [0.25, 0.3) is 0 Å². The van der Waals surface area contributed by atoms with Gasteiger partial charge in [0.05, 0.1) is 0 Å². The van der Waals surface area contributed by atoms with Crippen LogP contribution in [0.15, 0.2) is 42.7 Å². The summed E-state index contributed by atoms with van der Waals surface area (Å²) in [6.07, 6.45) is 5.20. The van der Waals surface area contributed by atoms with Gasteiger partial charge in [0, 0.05) is 18.9 Å². The molecule has 0 saturated carbocycles. The van der Waals surface area contributed by atoms with E-state index in [2.05, 4.69) is 47.6 Å². The van der Waals surface area contributed by atoms with Crippen LogP contribution in [0, 0.1) is 6.17 Å². The molecule has 0 amide bonds. The summed E-state index contributed by atoms with van der Waals surface area (Å²) in [5.74, 6) is 0. The van der Waals surface area contributed by atoms with Crippen LogP contribution in [0.2, 0.25) is 0 Å². The molecule has 1 heterocycles. The molecule has 13 heavy (non-hydrogen) atoms. The van der Waals surface area contributed by atoms with Crippen LogP contribution in [-0.2, 0) is 6.54 Å². The van der Waals surface area contributed by atoms with Crippen molar-refractivity contribution in [1.29, 1.82) is 0 Å². The van der Waals surface area contributed by atoms with Gasteiger partial charge in [-0.15, -0.1) is 0 Å². The lowest BCUT2D eigenvalue weighted by Gasteiger charge is -2.20. The highest BCUT2D eigenvalue weighted by Crippen LogP contribution is 2.14. The fourth-order valence-electron chi connectivity index (χ4n) is 1.39. The van der Waals surface area contributed by atoms with Gasteiger partial charge in [0.2, 0.25) is 0 Å². The number of nitrogens with one attached hydrogen (secondary N) is 1. The van der Waals surface area contributed by atoms with E-state index in [0.29, 0.717) is 0 Å². The standard InChI is InChI=1S/C11H13N2/c1-10-12-7-8-13(10)9-11-5-3-2-4-6-11/h2-8,12H,9H2,1H3. The lowest BCUT2D eigenvalue weighted by molar-refractivity contribution is 0.388. The van der Waals surface area contributed by atoms with Gasteiger partial charge < -0.3 is 10.2 Å². The molecule has 1 radical (unpaired) electrons. The van der Waals surface area contributed by atoms with E-state index in [-0.39, 0.29) is 0 Å². The lowest BCUT2D eigenvalue weighted by Crippen LogP contribution is -2.23. The average molecular weight is 173 g/mol. The largest absolute Gasteiger partial charge is 0.364 e. The first kappa shape index (κ1) is 8.17. The molecule has 0 bridgehead atoms. The summed E-state index contributed by atoms with van der Waals surface area (Å²) >= 11 is 0. The molecular formula is C11H13N2. The van der Waals surface area contributed by atoms with Crippen molar-refractivity contribution in [3.05, 3.63) is 54.5 Å². The van der Waals surface area contributed by atoms with Gasteiger partial charge in [-0.1, -0.05) is 30.3 Å². The monoisotopic (exact) mass is 173 g/mol. The van der Waals surface area contributed by atoms with Gasteiger partial charge in [-0.2, -0.15) is 0 Å². The van der Waals surface area contributed by atoms with Gasteiger partial charge in [-0.25, -0.2) is 0 Å². The molecule has 67 valence electrons. The Kier molecular flexibility index (Phi) is 2.21. The van der Waals surface area contributed by atoms with Crippen molar-refractivity contribution in [1.82, 2.24) is 10.2 Å². The highest BCUT2D eigenvalue weighted by Gasteiger charge is 2.13. The number of nitrogens with zero attached hydrogens (tertiary/aromatic N) is 1. The Morgan fingerprint density at radius 2 is 2.00 bits per heavy atom. The van der Waals surface area contributed by atoms with E-state index in [0.717, 1.165) is 6.54 Å². The zero-order valence-corrected chi connectivity index (χ0v) is 7.70. The second-order valence-electron chi connectivity index (χ2n) is 3.16. The Labute approximate surface area is 78.9 Å². The first-order chi connectivity index (χ1) is 6.36. The van der Waals surface area contributed by atoms with Crippen LogP contribution in [0.4, 0.5) is 0 Å². The first-order valence-corrected chi connectivity index (χ1v) is 4.43. The van der Waals surface area contributed by atoms with E-state index in [1.807, 2.05) is 12.3 Å². The SMILES string of the molecule is C[C]1NC=CN1Cc1ccccc1. The predicted octanol–water partition coefficient (Wildman–Crippen LogP) is 2.07. The summed E-state index contributed by atoms with van der Waals surface area (Å²) in [6.45, 7) is 3.01. The van der Waals surface area contributed by atoms with E-state index in [4.69, 9.17) is 0 Å². The molecule has 2 rings (SSSR count). The molecule has 1 N–H and O–H groups in total. The molecule has 1 aliphatic rings. The van der Waals surface area contributed by atoms with Crippen LogP contribution in [0.1, 0.15) is 12.5 Å². The maximum absolute atomic E-state index is 3.15. The van der Waals surface area contributed by atoms with Crippen molar-refractivity contribution in [2.45, 2.75) is 13.5 Å². The van der Waals surface area contributed by atoms with Crippen LogP contribution < -0.4 is 5.32 Å². The van der Waals surface area contributed by atoms with E-state index in [1.165, 1.54) is 11.7 Å². The zero-order valence-electron chi connectivity index (χ0n) is 7.70. The molecule has 1 aromatic rings. The Balaban J connectivity index is 2.02. The van der Waals surface area contributed by atoms with Crippen molar-refractivity contribution in [2.24, 2.45) is 0 Å². The van der Waals surface area contributed by atoms with E-state index < -0.39 is 0 Å². The van der Waals surface area contributed by atoms with Crippen molar-refractivity contribution >= 4 is 0 Å². The van der Waals surface area contributed by atoms with Crippen molar-refractivity contribution in [2.75, 3.05) is 0 Å². The summed E-state index contributed by atoms with van der Waals surface area (Å²) in [5, 5.41) is 3.15. The normalized spacial score (nSPS) is 16.2. The van der Waals surface area contributed by atoms with Crippen molar-refractivity contribution in [3.63, 3.8) is 0 Å². The fraction of sp³-hybridized carbons (Fsp3) is 0.182. The average Bonchev–Trinajstić information content (AvgIpc) is 2.54. The molecule has 0 fully saturated rings. The van der Waals surface area contributed by atoms with Crippen LogP contribution >= 0.6 is 0 Å². The van der Waals surface area contributed by atoms with Gasteiger partial charge in [-0.05, 0) is 12.5 Å². The number of benzene rings is 1.